The first-order valence-electron chi connectivity index (χ1n) is 4.66. The van der Waals surface area contributed by atoms with E-state index in [-0.39, 0.29) is 0 Å². The summed E-state index contributed by atoms with van der Waals surface area (Å²) in [6, 6.07) is 6.04. The topological polar surface area (TPSA) is 47.8 Å². The van der Waals surface area contributed by atoms with Crippen LogP contribution in [0.15, 0.2) is 24.4 Å². The van der Waals surface area contributed by atoms with Gasteiger partial charge in [0.05, 0.1) is 11.9 Å². The zero-order valence-corrected chi connectivity index (χ0v) is 8.64. The molecule has 0 saturated heterocycles. The van der Waals surface area contributed by atoms with Crippen LogP contribution in [0.5, 0.6) is 0 Å². The van der Waals surface area contributed by atoms with Crippen molar-refractivity contribution in [2.75, 3.05) is 0 Å². The lowest BCUT2D eigenvalue weighted by Crippen LogP contribution is -1.97. The molecule has 0 unspecified atom stereocenters. The standard InChI is InChI=1S/C11H11N3O/c1-8-3-4-11(9(2)5-8)14-6-10(7-15)12-13-14/h3-7H,1-2H3. The predicted octanol–water partition coefficient (Wildman–Crippen LogP) is 1.70. The summed E-state index contributed by atoms with van der Waals surface area (Å²) in [5.41, 5.74) is 3.60. The maximum atomic E-state index is 10.5. The van der Waals surface area contributed by atoms with E-state index in [1.54, 1.807) is 10.9 Å². The van der Waals surface area contributed by atoms with Crippen LogP contribution in [0.2, 0.25) is 0 Å². The van der Waals surface area contributed by atoms with Crippen LogP contribution in [0.1, 0.15) is 21.6 Å². The second-order valence-corrected chi connectivity index (χ2v) is 3.50. The molecular formula is C11H11N3O. The van der Waals surface area contributed by atoms with E-state index in [2.05, 4.69) is 16.4 Å². The van der Waals surface area contributed by atoms with Crippen LogP contribution in [0, 0.1) is 13.8 Å². The van der Waals surface area contributed by atoms with Crippen molar-refractivity contribution in [2.24, 2.45) is 0 Å². The minimum Gasteiger partial charge on any atom is -0.296 e. The summed E-state index contributed by atoms with van der Waals surface area (Å²) in [6.07, 6.45) is 2.30. The van der Waals surface area contributed by atoms with Crippen LogP contribution in [0.4, 0.5) is 0 Å². The highest BCUT2D eigenvalue weighted by molar-refractivity contribution is 5.70. The molecule has 15 heavy (non-hydrogen) atoms. The quantitative estimate of drug-likeness (QED) is 0.695. The van der Waals surface area contributed by atoms with Crippen LogP contribution < -0.4 is 0 Å². The number of hydrogen-bond donors (Lipinski definition) is 0. The second kappa shape index (κ2) is 3.65. The fourth-order valence-corrected chi connectivity index (χ4v) is 1.51. The lowest BCUT2D eigenvalue weighted by molar-refractivity contribution is 0.111. The van der Waals surface area contributed by atoms with E-state index in [1.165, 1.54) is 5.56 Å². The maximum Gasteiger partial charge on any atom is 0.171 e. The Morgan fingerprint density at radius 3 is 2.73 bits per heavy atom. The average Bonchev–Trinajstić information content (AvgIpc) is 2.66. The molecule has 0 spiro atoms. The number of nitrogens with zero attached hydrogens (tertiary/aromatic N) is 3. The molecule has 1 heterocycles. The molecule has 1 aromatic heterocycles. The van der Waals surface area contributed by atoms with Gasteiger partial charge in [-0.25, -0.2) is 4.68 Å². The summed E-state index contributed by atoms with van der Waals surface area (Å²) in [4.78, 5) is 10.5. The van der Waals surface area contributed by atoms with E-state index in [1.807, 2.05) is 26.0 Å². The van der Waals surface area contributed by atoms with Gasteiger partial charge in [0.25, 0.3) is 0 Å². The third kappa shape index (κ3) is 1.79. The summed E-state index contributed by atoms with van der Waals surface area (Å²) in [5, 5.41) is 7.60. The van der Waals surface area contributed by atoms with Crippen LogP contribution in [-0.2, 0) is 0 Å². The van der Waals surface area contributed by atoms with Crippen molar-refractivity contribution in [1.82, 2.24) is 15.0 Å². The molecule has 0 atom stereocenters. The Morgan fingerprint density at radius 1 is 1.33 bits per heavy atom. The zero-order valence-electron chi connectivity index (χ0n) is 8.64. The Balaban J connectivity index is 2.49. The smallest absolute Gasteiger partial charge is 0.171 e. The number of aryl methyl sites for hydroxylation is 2. The van der Waals surface area contributed by atoms with Crippen molar-refractivity contribution >= 4 is 6.29 Å². The Labute approximate surface area is 87.5 Å². The van der Waals surface area contributed by atoms with Crippen LogP contribution >= 0.6 is 0 Å². The normalized spacial score (nSPS) is 10.3. The summed E-state index contributed by atoms with van der Waals surface area (Å²) in [7, 11) is 0. The number of hydrogen-bond acceptors (Lipinski definition) is 3. The monoisotopic (exact) mass is 201 g/mol. The molecule has 0 radical (unpaired) electrons. The molecule has 0 amide bonds. The molecule has 0 fully saturated rings. The molecule has 76 valence electrons. The van der Waals surface area contributed by atoms with E-state index in [4.69, 9.17) is 0 Å². The summed E-state index contributed by atoms with van der Waals surface area (Å²) < 4.78 is 1.61. The van der Waals surface area contributed by atoms with Gasteiger partial charge in [0, 0.05) is 0 Å². The molecule has 0 bridgehead atoms. The van der Waals surface area contributed by atoms with Gasteiger partial charge in [0.2, 0.25) is 0 Å². The van der Waals surface area contributed by atoms with Crippen molar-refractivity contribution in [3.8, 4) is 5.69 Å². The molecule has 0 aliphatic carbocycles. The Bertz CT molecular complexity index is 502. The molecule has 0 N–H and O–H groups in total. The van der Waals surface area contributed by atoms with Gasteiger partial charge in [-0.3, -0.25) is 4.79 Å². The highest BCUT2D eigenvalue weighted by atomic mass is 16.1. The van der Waals surface area contributed by atoms with Gasteiger partial charge in [-0.2, -0.15) is 0 Å². The number of benzene rings is 1. The fourth-order valence-electron chi connectivity index (χ4n) is 1.51. The Hall–Kier alpha value is -1.97. The van der Waals surface area contributed by atoms with Crippen LogP contribution in [0.25, 0.3) is 5.69 Å². The molecule has 4 nitrogen and oxygen atoms in total. The van der Waals surface area contributed by atoms with Gasteiger partial charge in [-0.15, -0.1) is 5.10 Å². The lowest BCUT2D eigenvalue weighted by Gasteiger charge is -2.04. The molecular weight excluding hydrogens is 190 g/mol. The van der Waals surface area contributed by atoms with E-state index in [0.29, 0.717) is 12.0 Å². The number of carbonyl (C=O) groups is 1. The van der Waals surface area contributed by atoms with Crippen molar-refractivity contribution in [3.63, 3.8) is 0 Å². The van der Waals surface area contributed by atoms with Gasteiger partial charge in [-0.1, -0.05) is 22.9 Å². The molecule has 1 aromatic carbocycles. The third-order valence-electron chi connectivity index (χ3n) is 2.23. The van der Waals surface area contributed by atoms with E-state index in [9.17, 15) is 4.79 Å². The average molecular weight is 201 g/mol. The number of carbonyl (C=O) groups excluding carboxylic acids is 1. The molecule has 2 rings (SSSR count). The van der Waals surface area contributed by atoms with E-state index >= 15 is 0 Å². The van der Waals surface area contributed by atoms with Gasteiger partial charge < -0.3 is 0 Å². The summed E-state index contributed by atoms with van der Waals surface area (Å²) >= 11 is 0. The highest BCUT2D eigenvalue weighted by Crippen LogP contribution is 2.14. The number of rotatable bonds is 2. The Kier molecular flexibility index (Phi) is 2.33. The van der Waals surface area contributed by atoms with Crippen molar-refractivity contribution in [1.29, 1.82) is 0 Å². The minimum atomic E-state index is 0.343. The first-order valence-corrected chi connectivity index (χ1v) is 4.66. The fraction of sp³-hybridized carbons (Fsp3) is 0.182. The SMILES string of the molecule is Cc1ccc(-n2cc(C=O)nn2)c(C)c1. The van der Waals surface area contributed by atoms with E-state index < -0.39 is 0 Å². The number of aromatic nitrogens is 3. The van der Waals surface area contributed by atoms with Crippen molar-refractivity contribution in [3.05, 3.63) is 41.2 Å². The van der Waals surface area contributed by atoms with Crippen molar-refractivity contribution in [2.45, 2.75) is 13.8 Å². The zero-order chi connectivity index (χ0) is 10.8. The molecule has 0 aliphatic rings. The number of aldehydes is 1. The van der Waals surface area contributed by atoms with Crippen LogP contribution in [-0.4, -0.2) is 21.3 Å². The highest BCUT2D eigenvalue weighted by Gasteiger charge is 2.04. The minimum absolute atomic E-state index is 0.343. The third-order valence-corrected chi connectivity index (χ3v) is 2.23. The first kappa shape index (κ1) is 9.58. The van der Waals surface area contributed by atoms with Gasteiger partial charge in [-0.05, 0) is 25.5 Å². The lowest BCUT2D eigenvalue weighted by atomic mass is 10.1. The van der Waals surface area contributed by atoms with E-state index in [0.717, 1.165) is 11.3 Å². The Morgan fingerprint density at radius 2 is 2.13 bits per heavy atom. The van der Waals surface area contributed by atoms with Gasteiger partial charge in [0.15, 0.2) is 6.29 Å². The predicted molar refractivity (Wildman–Crippen MR) is 56.2 cm³/mol. The summed E-state index contributed by atoms with van der Waals surface area (Å²) in [6.45, 7) is 4.04. The van der Waals surface area contributed by atoms with Crippen molar-refractivity contribution < 1.29 is 4.79 Å². The molecule has 2 aromatic rings. The molecule has 0 saturated carbocycles. The molecule has 0 aliphatic heterocycles. The van der Waals surface area contributed by atoms with Crippen LogP contribution in [0.3, 0.4) is 0 Å². The second-order valence-electron chi connectivity index (χ2n) is 3.50. The molecule has 4 heteroatoms. The largest absolute Gasteiger partial charge is 0.296 e. The first-order chi connectivity index (χ1) is 7.20. The maximum absolute atomic E-state index is 10.5. The van der Waals surface area contributed by atoms with Gasteiger partial charge >= 0.3 is 0 Å². The summed E-state index contributed by atoms with van der Waals surface area (Å²) in [5.74, 6) is 0. The van der Waals surface area contributed by atoms with Gasteiger partial charge in [0.1, 0.15) is 5.69 Å².